The molecule has 4 nitrogen and oxygen atoms in total. The Morgan fingerprint density at radius 3 is 2.92 bits per heavy atom. The standard InChI is InChI=1S/C9H17NO3/c1-2-13-9(12)6-4-3-5-7(11)8(6)10/h6-8,11H,2-5,10H2,1H3/t6-,7+,8-/m0/s1. The van der Waals surface area contributed by atoms with Crippen LogP contribution in [0.5, 0.6) is 0 Å². The first-order chi connectivity index (χ1) is 6.16. The maximum absolute atomic E-state index is 11.3. The number of hydrogen-bond acceptors (Lipinski definition) is 4. The van der Waals surface area contributed by atoms with E-state index in [1.807, 2.05) is 0 Å². The summed E-state index contributed by atoms with van der Waals surface area (Å²) in [6.45, 7) is 2.14. The lowest BCUT2D eigenvalue weighted by atomic mass is 9.83. The lowest BCUT2D eigenvalue weighted by Crippen LogP contribution is -2.48. The fraction of sp³-hybridized carbons (Fsp3) is 0.889. The zero-order chi connectivity index (χ0) is 9.84. The summed E-state index contributed by atoms with van der Waals surface area (Å²) in [6, 6.07) is -0.451. The van der Waals surface area contributed by atoms with Gasteiger partial charge in [0.15, 0.2) is 0 Å². The summed E-state index contributed by atoms with van der Waals surface area (Å²) in [7, 11) is 0. The summed E-state index contributed by atoms with van der Waals surface area (Å²) in [5, 5.41) is 9.43. The van der Waals surface area contributed by atoms with Crippen molar-refractivity contribution in [3.05, 3.63) is 0 Å². The Morgan fingerprint density at radius 2 is 2.31 bits per heavy atom. The molecule has 1 saturated carbocycles. The number of carbonyl (C=O) groups excluding carboxylic acids is 1. The fourth-order valence-electron chi connectivity index (χ4n) is 1.72. The zero-order valence-corrected chi connectivity index (χ0v) is 7.90. The second-order valence-corrected chi connectivity index (χ2v) is 3.43. The molecule has 0 bridgehead atoms. The summed E-state index contributed by atoms with van der Waals surface area (Å²) in [6.07, 6.45) is 1.72. The second-order valence-electron chi connectivity index (χ2n) is 3.43. The van der Waals surface area contributed by atoms with E-state index in [4.69, 9.17) is 10.5 Å². The van der Waals surface area contributed by atoms with Gasteiger partial charge in [0.2, 0.25) is 0 Å². The van der Waals surface area contributed by atoms with Gasteiger partial charge < -0.3 is 15.6 Å². The highest BCUT2D eigenvalue weighted by Crippen LogP contribution is 2.24. The molecule has 0 unspecified atom stereocenters. The highest BCUT2D eigenvalue weighted by atomic mass is 16.5. The number of esters is 1. The second kappa shape index (κ2) is 4.58. The largest absolute Gasteiger partial charge is 0.466 e. The van der Waals surface area contributed by atoms with E-state index in [9.17, 15) is 9.90 Å². The Morgan fingerprint density at radius 1 is 1.62 bits per heavy atom. The number of rotatable bonds is 2. The minimum absolute atomic E-state index is 0.270. The van der Waals surface area contributed by atoms with Crippen LogP contribution in [0.2, 0.25) is 0 Å². The van der Waals surface area contributed by atoms with E-state index >= 15 is 0 Å². The van der Waals surface area contributed by atoms with Crippen molar-refractivity contribution >= 4 is 5.97 Å². The summed E-state index contributed by atoms with van der Waals surface area (Å²) in [5.41, 5.74) is 5.70. The van der Waals surface area contributed by atoms with E-state index in [0.29, 0.717) is 13.0 Å². The molecule has 0 amide bonds. The minimum atomic E-state index is -0.553. The summed E-state index contributed by atoms with van der Waals surface area (Å²) in [5.74, 6) is -0.586. The van der Waals surface area contributed by atoms with E-state index < -0.39 is 12.1 Å². The van der Waals surface area contributed by atoms with Gasteiger partial charge in [0.25, 0.3) is 0 Å². The number of nitrogens with two attached hydrogens (primary N) is 1. The molecule has 1 aliphatic carbocycles. The van der Waals surface area contributed by atoms with Crippen LogP contribution < -0.4 is 5.73 Å². The van der Waals surface area contributed by atoms with Crippen molar-refractivity contribution in [1.82, 2.24) is 0 Å². The van der Waals surface area contributed by atoms with Crippen LogP contribution >= 0.6 is 0 Å². The van der Waals surface area contributed by atoms with Gasteiger partial charge >= 0.3 is 5.97 Å². The van der Waals surface area contributed by atoms with Gasteiger partial charge in [0.05, 0.1) is 18.6 Å². The van der Waals surface area contributed by atoms with E-state index in [1.165, 1.54) is 0 Å². The minimum Gasteiger partial charge on any atom is -0.466 e. The third-order valence-corrected chi connectivity index (χ3v) is 2.51. The maximum Gasteiger partial charge on any atom is 0.310 e. The molecule has 0 aromatic carbocycles. The lowest BCUT2D eigenvalue weighted by Gasteiger charge is -2.30. The van der Waals surface area contributed by atoms with Gasteiger partial charge in [-0.25, -0.2) is 0 Å². The van der Waals surface area contributed by atoms with Crippen molar-refractivity contribution < 1.29 is 14.6 Å². The number of aliphatic hydroxyl groups excluding tert-OH is 1. The molecule has 1 fully saturated rings. The first-order valence-corrected chi connectivity index (χ1v) is 4.77. The van der Waals surface area contributed by atoms with Gasteiger partial charge in [0, 0.05) is 6.04 Å². The molecule has 0 aliphatic heterocycles. The molecule has 3 N–H and O–H groups in total. The Kier molecular flexibility index (Phi) is 3.69. The average Bonchev–Trinajstić information content (AvgIpc) is 2.10. The van der Waals surface area contributed by atoms with Crippen molar-refractivity contribution in [3.8, 4) is 0 Å². The third kappa shape index (κ3) is 2.42. The smallest absolute Gasteiger partial charge is 0.310 e. The molecule has 0 spiro atoms. The molecule has 0 radical (unpaired) electrons. The van der Waals surface area contributed by atoms with Crippen molar-refractivity contribution in [3.63, 3.8) is 0 Å². The van der Waals surface area contributed by atoms with Gasteiger partial charge in [-0.3, -0.25) is 4.79 Å². The Bertz CT molecular complexity index is 184. The predicted octanol–water partition coefficient (Wildman–Crippen LogP) is 0.0378. The molecular weight excluding hydrogens is 170 g/mol. The van der Waals surface area contributed by atoms with Gasteiger partial charge in [-0.1, -0.05) is 0 Å². The van der Waals surface area contributed by atoms with Crippen molar-refractivity contribution in [2.24, 2.45) is 11.7 Å². The van der Waals surface area contributed by atoms with Crippen LogP contribution in [0.4, 0.5) is 0 Å². The zero-order valence-electron chi connectivity index (χ0n) is 7.90. The van der Waals surface area contributed by atoms with Crippen LogP contribution in [0.1, 0.15) is 26.2 Å². The van der Waals surface area contributed by atoms with E-state index in [2.05, 4.69) is 0 Å². The highest BCUT2D eigenvalue weighted by Gasteiger charge is 2.34. The van der Waals surface area contributed by atoms with Gasteiger partial charge in [0.1, 0.15) is 0 Å². The van der Waals surface area contributed by atoms with Crippen LogP contribution in [0.15, 0.2) is 0 Å². The monoisotopic (exact) mass is 187 g/mol. The van der Waals surface area contributed by atoms with Crippen LogP contribution in [-0.4, -0.2) is 29.8 Å². The Hall–Kier alpha value is -0.610. The van der Waals surface area contributed by atoms with E-state index in [0.717, 1.165) is 12.8 Å². The van der Waals surface area contributed by atoms with Crippen molar-refractivity contribution in [1.29, 1.82) is 0 Å². The highest BCUT2D eigenvalue weighted by molar-refractivity contribution is 5.73. The van der Waals surface area contributed by atoms with Crippen LogP contribution in [-0.2, 0) is 9.53 Å². The fourth-order valence-corrected chi connectivity index (χ4v) is 1.72. The molecule has 76 valence electrons. The van der Waals surface area contributed by atoms with Crippen LogP contribution in [0.3, 0.4) is 0 Å². The molecule has 1 aliphatic rings. The SMILES string of the molecule is CCOC(=O)[C@H]1CCC[C@@H](O)[C@H]1N. The van der Waals surface area contributed by atoms with Crippen molar-refractivity contribution in [2.45, 2.75) is 38.3 Å². The molecule has 4 heteroatoms. The normalized spacial score (nSPS) is 34.2. The van der Waals surface area contributed by atoms with E-state index in [-0.39, 0.29) is 11.9 Å². The Balaban J connectivity index is 2.52. The Labute approximate surface area is 78.1 Å². The topological polar surface area (TPSA) is 72.5 Å². The van der Waals surface area contributed by atoms with Crippen molar-refractivity contribution in [2.75, 3.05) is 6.61 Å². The van der Waals surface area contributed by atoms with Crippen LogP contribution in [0.25, 0.3) is 0 Å². The molecule has 0 saturated heterocycles. The summed E-state index contributed by atoms with van der Waals surface area (Å²) in [4.78, 5) is 11.3. The molecule has 13 heavy (non-hydrogen) atoms. The molecule has 0 aromatic rings. The number of hydrogen-bond donors (Lipinski definition) is 2. The molecule has 0 aromatic heterocycles. The van der Waals surface area contributed by atoms with Crippen LogP contribution in [0, 0.1) is 5.92 Å². The predicted molar refractivity (Wildman–Crippen MR) is 48.0 cm³/mol. The third-order valence-electron chi connectivity index (χ3n) is 2.51. The molecule has 0 heterocycles. The summed E-state index contributed by atoms with van der Waals surface area (Å²) < 4.78 is 4.87. The van der Waals surface area contributed by atoms with Gasteiger partial charge in [-0.05, 0) is 26.2 Å². The molecule has 3 atom stereocenters. The number of carbonyl (C=O) groups is 1. The van der Waals surface area contributed by atoms with Gasteiger partial charge in [-0.2, -0.15) is 0 Å². The molecular formula is C9H17NO3. The quantitative estimate of drug-likeness (QED) is 0.598. The van der Waals surface area contributed by atoms with E-state index in [1.54, 1.807) is 6.92 Å². The first-order valence-electron chi connectivity index (χ1n) is 4.77. The molecule has 1 rings (SSSR count). The maximum atomic E-state index is 11.3. The summed E-state index contributed by atoms with van der Waals surface area (Å²) >= 11 is 0. The van der Waals surface area contributed by atoms with Gasteiger partial charge in [-0.15, -0.1) is 0 Å². The average molecular weight is 187 g/mol. The lowest BCUT2D eigenvalue weighted by molar-refractivity contribution is -0.151. The number of aliphatic hydroxyl groups is 1. The first kappa shape index (κ1) is 10.5. The number of ether oxygens (including phenoxy) is 1.